The van der Waals surface area contributed by atoms with Crippen molar-refractivity contribution in [2.75, 3.05) is 72.0 Å². The predicted octanol–water partition coefficient (Wildman–Crippen LogP) is 7.11. The van der Waals surface area contributed by atoms with Crippen LogP contribution in [-0.4, -0.2) is 131 Å². The van der Waals surface area contributed by atoms with Gasteiger partial charge < -0.3 is 18.9 Å². The molecule has 4 aromatic heterocycles. The highest BCUT2D eigenvalue weighted by Gasteiger charge is 2.48. The summed E-state index contributed by atoms with van der Waals surface area (Å²) in [5.41, 5.74) is 7.03. The smallest absolute Gasteiger partial charge is 0.175 e. The first-order chi connectivity index (χ1) is 30.6. The lowest BCUT2D eigenvalue weighted by Gasteiger charge is -2.30. The minimum atomic E-state index is -3.30. The van der Waals surface area contributed by atoms with Gasteiger partial charge in [-0.25, -0.2) is 27.4 Å². The first-order valence-electron chi connectivity index (χ1n) is 21.4. The fourth-order valence-corrected chi connectivity index (χ4v) is 9.29. The summed E-state index contributed by atoms with van der Waals surface area (Å²) in [6.45, 7) is 9.15. The van der Waals surface area contributed by atoms with E-state index in [0.29, 0.717) is 5.65 Å². The zero-order valence-electron chi connectivity index (χ0n) is 35.1. The van der Waals surface area contributed by atoms with Crippen molar-refractivity contribution in [1.29, 1.82) is 0 Å². The highest BCUT2D eigenvalue weighted by molar-refractivity contribution is 9.10. The molecule has 16 heteroatoms. The Morgan fingerprint density at radius 1 is 0.619 bits per heavy atom. The largest absolute Gasteiger partial charge is 0.486 e. The van der Waals surface area contributed by atoms with Crippen LogP contribution in [-0.2, 0) is 19.3 Å². The van der Waals surface area contributed by atoms with Crippen LogP contribution in [0.5, 0.6) is 11.5 Å². The number of nitrogens with zero attached hydrogens (tertiary/aromatic N) is 8. The van der Waals surface area contributed by atoms with E-state index in [1.165, 1.54) is 6.26 Å². The number of ether oxygens (including phenoxy) is 4. The van der Waals surface area contributed by atoms with E-state index < -0.39 is 9.84 Å². The number of halogens is 1. The average Bonchev–Trinajstić information content (AvgIpc) is 4.16. The van der Waals surface area contributed by atoms with Gasteiger partial charge in [0.1, 0.15) is 22.7 Å². The van der Waals surface area contributed by atoms with E-state index in [1.807, 2.05) is 55.1 Å². The topological polar surface area (TPSA) is 138 Å². The van der Waals surface area contributed by atoms with Crippen LogP contribution in [0.4, 0.5) is 0 Å². The Morgan fingerprint density at radius 3 is 1.62 bits per heavy atom. The third-order valence-corrected chi connectivity index (χ3v) is 13.8. The first-order valence-corrected chi connectivity index (χ1v) is 24.1. The van der Waals surface area contributed by atoms with Gasteiger partial charge in [-0.15, -0.1) is 0 Å². The summed E-state index contributed by atoms with van der Waals surface area (Å²) in [5, 5.41) is 8.77. The van der Waals surface area contributed by atoms with E-state index in [-0.39, 0.29) is 16.1 Å². The number of rotatable bonds is 12. The van der Waals surface area contributed by atoms with Gasteiger partial charge in [0.25, 0.3) is 0 Å². The Bertz CT molecular complexity index is 2830. The van der Waals surface area contributed by atoms with E-state index in [9.17, 15) is 8.42 Å². The Morgan fingerprint density at radius 2 is 1.11 bits per heavy atom. The van der Waals surface area contributed by atoms with Gasteiger partial charge in [0, 0.05) is 87.0 Å². The number of benzene rings is 3. The molecule has 0 radical (unpaired) electrons. The molecule has 3 aromatic carbocycles. The minimum absolute atomic E-state index is 0.0132. The number of hydrogen-bond acceptors (Lipinski definition) is 12. The summed E-state index contributed by atoms with van der Waals surface area (Å²) in [5.74, 6) is 1.81. The SMILES string of the molecule is Brc1cnn2cc(-c3ccc(OC4(CN5CCOCC5)CC4)cc3)cnc12.CS(=O)(=O)c1cccc(-c2cnn3cc(-c4ccc(OC5(CN6CCOCC6)CC5)cc4)cnc23)c1. The molecule has 63 heavy (non-hydrogen) atoms. The molecule has 0 amide bonds. The molecule has 2 aliphatic carbocycles. The number of sulfone groups is 1. The van der Waals surface area contributed by atoms with E-state index in [2.05, 4.69) is 70.2 Å². The quantitative estimate of drug-likeness (QED) is 0.124. The molecule has 7 aromatic rings. The van der Waals surface area contributed by atoms with Crippen LogP contribution in [0.1, 0.15) is 25.7 Å². The lowest BCUT2D eigenvalue weighted by Crippen LogP contribution is -2.43. The molecule has 0 spiro atoms. The van der Waals surface area contributed by atoms with Gasteiger partial charge >= 0.3 is 0 Å². The minimum Gasteiger partial charge on any atom is -0.486 e. The van der Waals surface area contributed by atoms with Gasteiger partial charge in [-0.3, -0.25) is 9.80 Å². The molecule has 0 N–H and O–H groups in total. The summed E-state index contributed by atoms with van der Waals surface area (Å²) < 4.78 is 52.0. The van der Waals surface area contributed by atoms with Gasteiger partial charge in [-0.2, -0.15) is 10.2 Å². The molecule has 0 unspecified atom stereocenters. The van der Waals surface area contributed by atoms with Crippen LogP contribution >= 0.6 is 15.9 Å². The maximum absolute atomic E-state index is 12.0. The lowest BCUT2D eigenvalue weighted by molar-refractivity contribution is 0.0139. The Hall–Kier alpha value is -5.23. The third-order valence-electron chi connectivity index (χ3n) is 12.1. The highest BCUT2D eigenvalue weighted by atomic mass is 79.9. The summed E-state index contributed by atoms with van der Waals surface area (Å²) in [7, 11) is -3.30. The molecule has 2 aliphatic heterocycles. The molecule has 4 aliphatic rings. The summed E-state index contributed by atoms with van der Waals surface area (Å²) in [6, 6.07) is 23.3. The Labute approximate surface area is 374 Å². The summed E-state index contributed by atoms with van der Waals surface area (Å²) >= 11 is 3.45. The van der Waals surface area contributed by atoms with Crippen molar-refractivity contribution < 1.29 is 27.4 Å². The van der Waals surface area contributed by atoms with Crippen LogP contribution in [0.15, 0.2) is 119 Å². The number of aromatic nitrogens is 6. The molecule has 11 rings (SSSR count). The molecular weight excluding hydrogens is 885 g/mol. The highest BCUT2D eigenvalue weighted by Crippen LogP contribution is 2.43. The Kier molecular flexibility index (Phi) is 11.5. The van der Waals surface area contributed by atoms with Crippen molar-refractivity contribution in [3.05, 3.63) is 114 Å². The van der Waals surface area contributed by atoms with Crippen LogP contribution in [0, 0.1) is 0 Å². The molecule has 4 fully saturated rings. The fourth-order valence-electron chi connectivity index (χ4n) is 8.24. The molecule has 2 saturated heterocycles. The number of hydrogen-bond donors (Lipinski definition) is 0. The molecule has 0 atom stereocenters. The standard InChI is InChI=1S/C27H28N4O4S.C20H21BrN4O2/c1-36(32,33)24-4-2-3-21(15-24)25-17-29-31-18-22(16-28-26(25)31)20-5-7-23(8-6-20)35-27(9-10-27)19-30-11-13-34-14-12-30;21-18-12-23-25-13-16(11-22-19(18)25)15-1-3-17(4-2-15)27-20(5-6-20)14-24-7-9-26-10-8-24/h2-8,15-18H,9-14,19H2,1H3;1-4,11-13H,5-10,14H2. The fraction of sp³-hybridized carbons (Fsp3) is 0.362. The van der Waals surface area contributed by atoms with Crippen LogP contribution in [0.3, 0.4) is 0 Å². The lowest BCUT2D eigenvalue weighted by atomic mass is 10.1. The van der Waals surface area contributed by atoms with E-state index >= 15 is 0 Å². The van der Waals surface area contributed by atoms with Crippen molar-refractivity contribution in [1.82, 2.24) is 39.0 Å². The van der Waals surface area contributed by atoms with E-state index in [0.717, 1.165) is 146 Å². The van der Waals surface area contributed by atoms with Gasteiger partial charge in [-0.1, -0.05) is 36.4 Å². The summed E-state index contributed by atoms with van der Waals surface area (Å²) in [6.07, 6.45) is 16.7. The zero-order valence-corrected chi connectivity index (χ0v) is 37.5. The van der Waals surface area contributed by atoms with Gasteiger partial charge in [0.2, 0.25) is 0 Å². The van der Waals surface area contributed by atoms with Gasteiger partial charge in [0.05, 0.1) is 48.2 Å². The monoisotopic (exact) mass is 932 g/mol. The van der Waals surface area contributed by atoms with E-state index in [1.54, 1.807) is 39.6 Å². The van der Waals surface area contributed by atoms with Crippen LogP contribution < -0.4 is 9.47 Å². The van der Waals surface area contributed by atoms with Crippen molar-refractivity contribution in [2.24, 2.45) is 0 Å². The second-order valence-electron chi connectivity index (χ2n) is 17.0. The van der Waals surface area contributed by atoms with Crippen molar-refractivity contribution in [3.8, 4) is 44.9 Å². The molecule has 326 valence electrons. The van der Waals surface area contributed by atoms with Gasteiger partial charge in [-0.05, 0) is 94.7 Å². The van der Waals surface area contributed by atoms with Crippen LogP contribution in [0.2, 0.25) is 0 Å². The zero-order chi connectivity index (χ0) is 43.0. The number of fused-ring (bicyclic) bond motifs is 2. The first kappa shape index (κ1) is 41.8. The van der Waals surface area contributed by atoms with Crippen molar-refractivity contribution in [2.45, 2.75) is 41.8 Å². The second kappa shape index (κ2) is 17.4. The van der Waals surface area contributed by atoms with Crippen molar-refractivity contribution in [3.63, 3.8) is 0 Å². The molecule has 2 saturated carbocycles. The van der Waals surface area contributed by atoms with Crippen molar-refractivity contribution >= 4 is 37.1 Å². The third kappa shape index (κ3) is 9.66. The molecular formula is C47H49BrN8O6S. The summed E-state index contributed by atoms with van der Waals surface area (Å²) in [4.78, 5) is 14.3. The average molecular weight is 934 g/mol. The predicted molar refractivity (Wildman–Crippen MR) is 243 cm³/mol. The van der Waals surface area contributed by atoms with Gasteiger partial charge in [0.15, 0.2) is 21.1 Å². The molecule has 14 nitrogen and oxygen atoms in total. The van der Waals surface area contributed by atoms with Crippen LogP contribution in [0.25, 0.3) is 44.7 Å². The normalized spacial score (nSPS) is 18.4. The maximum atomic E-state index is 12.0. The van der Waals surface area contributed by atoms with E-state index in [4.69, 9.17) is 18.9 Å². The molecule has 6 heterocycles. The second-order valence-corrected chi connectivity index (χ2v) is 19.8. The Balaban J connectivity index is 0.000000156. The molecule has 0 bridgehead atoms. The number of morpholine rings is 2. The maximum Gasteiger partial charge on any atom is 0.175 e.